The fourth-order valence-electron chi connectivity index (χ4n) is 5.74. The predicted molar refractivity (Wildman–Crippen MR) is 135 cm³/mol. The van der Waals surface area contributed by atoms with E-state index in [-0.39, 0.29) is 17.6 Å². The number of carbonyl (C=O) groups excluding carboxylic acids is 1. The summed E-state index contributed by atoms with van der Waals surface area (Å²) in [5.41, 5.74) is 9.97. The third-order valence-electron chi connectivity index (χ3n) is 7.69. The van der Waals surface area contributed by atoms with E-state index in [1.54, 1.807) is 0 Å². The van der Waals surface area contributed by atoms with Gasteiger partial charge in [0.25, 0.3) is 5.91 Å². The number of aryl methyl sites for hydroxylation is 2. The van der Waals surface area contributed by atoms with Crippen LogP contribution in [0.2, 0.25) is 0 Å². The van der Waals surface area contributed by atoms with Crippen LogP contribution in [0.1, 0.15) is 39.5 Å². The SMILES string of the molecule is CO[C@@]12CCNC1CN(c1ccc3c(n1)CC[C@H](NC(=O)c1sc4nc(C)ccc4c1N)C3)C2. The minimum absolute atomic E-state index is 0.0686. The summed E-state index contributed by atoms with van der Waals surface area (Å²) < 4.78 is 5.92. The van der Waals surface area contributed by atoms with Crippen LogP contribution in [0.25, 0.3) is 10.2 Å². The number of anilines is 2. The van der Waals surface area contributed by atoms with Gasteiger partial charge in [0.15, 0.2) is 0 Å². The van der Waals surface area contributed by atoms with Gasteiger partial charge in [-0.25, -0.2) is 9.97 Å². The van der Waals surface area contributed by atoms with E-state index in [0.29, 0.717) is 16.6 Å². The number of pyridine rings is 2. The number of aromatic nitrogens is 2. The van der Waals surface area contributed by atoms with Crippen molar-refractivity contribution in [3.63, 3.8) is 0 Å². The van der Waals surface area contributed by atoms with Crippen LogP contribution in [-0.2, 0) is 17.6 Å². The molecular weight excluding hydrogens is 448 g/mol. The predicted octanol–water partition coefficient (Wildman–Crippen LogP) is 2.44. The summed E-state index contributed by atoms with van der Waals surface area (Å²) in [5, 5.41) is 7.63. The molecule has 34 heavy (non-hydrogen) atoms. The second kappa shape index (κ2) is 8.18. The van der Waals surface area contributed by atoms with Crippen molar-refractivity contribution in [1.82, 2.24) is 20.6 Å². The van der Waals surface area contributed by atoms with Crippen molar-refractivity contribution in [3.8, 4) is 0 Å². The third kappa shape index (κ3) is 3.54. The molecular formula is C25H30N6O2S. The van der Waals surface area contributed by atoms with Gasteiger partial charge in [-0.1, -0.05) is 6.07 Å². The van der Waals surface area contributed by atoms with Crippen molar-refractivity contribution in [1.29, 1.82) is 0 Å². The minimum Gasteiger partial charge on any atom is -0.397 e. The molecule has 0 aromatic carbocycles. The van der Waals surface area contributed by atoms with Crippen molar-refractivity contribution in [2.45, 2.75) is 50.3 Å². The molecule has 4 N–H and O–H groups in total. The Hall–Kier alpha value is -2.75. The molecule has 9 heteroatoms. The smallest absolute Gasteiger partial charge is 0.263 e. The first kappa shape index (κ1) is 21.8. The zero-order valence-corrected chi connectivity index (χ0v) is 20.4. The number of carbonyl (C=O) groups is 1. The first-order chi connectivity index (χ1) is 16.5. The molecule has 1 aliphatic carbocycles. The molecule has 178 valence electrons. The molecule has 2 saturated heterocycles. The highest BCUT2D eigenvalue weighted by atomic mass is 32.1. The van der Waals surface area contributed by atoms with Crippen LogP contribution in [0.4, 0.5) is 11.5 Å². The van der Waals surface area contributed by atoms with Gasteiger partial charge in [0.2, 0.25) is 0 Å². The van der Waals surface area contributed by atoms with Gasteiger partial charge >= 0.3 is 0 Å². The second-order valence-corrected chi connectivity index (χ2v) is 10.7. The van der Waals surface area contributed by atoms with Crippen LogP contribution in [-0.4, -0.2) is 60.3 Å². The Morgan fingerprint density at radius 1 is 1.32 bits per heavy atom. The number of nitrogens with one attached hydrogen (secondary N) is 2. The monoisotopic (exact) mass is 478 g/mol. The van der Waals surface area contributed by atoms with E-state index in [9.17, 15) is 4.79 Å². The first-order valence-corrected chi connectivity index (χ1v) is 12.8. The van der Waals surface area contributed by atoms with E-state index in [0.717, 1.165) is 72.7 Å². The van der Waals surface area contributed by atoms with Gasteiger partial charge in [0, 0.05) is 36.5 Å². The van der Waals surface area contributed by atoms with E-state index in [4.69, 9.17) is 15.5 Å². The Balaban J connectivity index is 1.15. The largest absolute Gasteiger partial charge is 0.397 e. The molecule has 3 aromatic heterocycles. The van der Waals surface area contributed by atoms with Crippen molar-refractivity contribution in [2.24, 2.45) is 0 Å². The highest BCUT2D eigenvalue weighted by molar-refractivity contribution is 7.21. The first-order valence-electron chi connectivity index (χ1n) is 11.9. The standard InChI is InChI=1S/C25H30N6O2S/c1-14-3-6-17-21(26)22(34-24(17)28-14)23(32)29-16-5-7-18-15(11-16)4-8-20(30-18)31-12-19-25(13-31,33-2)9-10-27-19/h3-4,6,8,16,19,27H,5,7,9-13,26H2,1-2H3,(H,29,32)/t16-,19?,25+/m0/s1. The Bertz CT molecular complexity index is 1280. The maximum atomic E-state index is 13.0. The van der Waals surface area contributed by atoms with Crippen LogP contribution in [0.3, 0.4) is 0 Å². The van der Waals surface area contributed by atoms with Crippen molar-refractivity contribution in [3.05, 3.63) is 46.1 Å². The highest BCUT2D eigenvalue weighted by Crippen LogP contribution is 2.36. The second-order valence-electron chi connectivity index (χ2n) is 9.74. The van der Waals surface area contributed by atoms with Crippen LogP contribution in [0, 0.1) is 6.92 Å². The van der Waals surface area contributed by atoms with E-state index in [2.05, 4.69) is 32.7 Å². The van der Waals surface area contributed by atoms with Crippen LogP contribution >= 0.6 is 11.3 Å². The number of thiophene rings is 1. The van der Waals surface area contributed by atoms with Crippen LogP contribution < -0.4 is 21.3 Å². The molecule has 1 unspecified atom stereocenters. The summed E-state index contributed by atoms with van der Waals surface area (Å²) in [5.74, 6) is 0.909. The van der Waals surface area contributed by atoms with Gasteiger partial charge in [-0.2, -0.15) is 0 Å². The molecule has 8 nitrogen and oxygen atoms in total. The zero-order chi connectivity index (χ0) is 23.4. The number of hydrogen-bond donors (Lipinski definition) is 3. The molecule has 0 bridgehead atoms. The zero-order valence-electron chi connectivity index (χ0n) is 19.6. The lowest BCUT2D eigenvalue weighted by atomic mass is 9.91. The van der Waals surface area contributed by atoms with Crippen LogP contribution in [0.5, 0.6) is 0 Å². The number of fused-ring (bicyclic) bond motifs is 3. The number of methoxy groups -OCH3 is 1. The Morgan fingerprint density at radius 2 is 2.21 bits per heavy atom. The van der Waals surface area contributed by atoms with E-state index in [1.165, 1.54) is 16.9 Å². The van der Waals surface area contributed by atoms with Gasteiger partial charge < -0.3 is 26.0 Å². The lowest BCUT2D eigenvalue weighted by Gasteiger charge is -2.28. The topological polar surface area (TPSA) is 105 Å². The van der Waals surface area contributed by atoms with E-state index < -0.39 is 0 Å². The summed E-state index contributed by atoms with van der Waals surface area (Å²) >= 11 is 1.36. The maximum Gasteiger partial charge on any atom is 0.263 e. The number of hydrogen-bond acceptors (Lipinski definition) is 8. The third-order valence-corrected chi connectivity index (χ3v) is 8.80. The molecule has 2 aliphatic heterocycles. The Labute approximate surface area is 202 Å². The van der Waals surface area contributed by atoms with Crippen molar-refractivity contribution >= 4 is 39.0 Å². The van der Waals surface area contributed by atoms with Gasteiger partial charge in [-0.15, -0.1) is 11.3 Å². The molecule has 3 atom stereocenters. The van der Waals surface area contributed by atoms with E-state index in [1.807, 2.05) is 26.2 Å². The van der Waals surface area contributed by atoms with Crippen molar-refractivity contribution < 1.29 is 9.53 Å². The lowest BCUT2D eigenvalue weighted by Crippen LogP contribution is -2.42. The molecule has 0 radical (unpaired) electrons. The van der Waals surface area contributed by atoms with Gasteiger partial charge in [-0.3, -0.25) is 4.79 Å². The highest BCUT2D eigenvalue weighted by Gasteiger charge is 2.50. The average Bonchev–Trinajstić information content (AvgIpc) is 3.49. The summed E-state index contributed by atoms with van der Waals surface area (Å²) in [6, 6.07) is 8.59. The Morgan fingerprint density at radius 3 is 3.03 bits per heavy atom. The Kier molecular flexibility index (Phi) is 5.24. The molecule has 3 aromatic rings. The number of nitrogens with two attached hydrogens (primary N) is 1. The number of nitrogens with zero attached hydrogens (tertiary/aromatic N) is 3. The molecule has 5 heterocycles. The summed E-state index contributed by atoms with van der Waals surface area (Å²) in [4.78, 5) is 26.3. The normalized spacial score (nSPS) is 26.0. The molecule has 6 rings (SSSR count). The van der Waals surface area contributed by atoms with Crippen LogP contribution in [0.15, 0.2) is 24.3 Å². The van der Waals surface area contributed by atoms with Gasteiger partial charge in [0.05, 0.1) is 18.3 Å². The van der Waals surface area contributed by atoms with Gasteiger partial charge in [-0.05, 0) is 62.9 Å². The number of rotatable bonds is 4. The number of amides is 1. The van der Waals surface area contributed by atoms with Gasteiger partial charge in [0.1, 0.15) is 21.1 Å². The molecule has 0 saturated carbocycles. The number of ether oxygens (including phenoxy) is 1. The number of nitrogen functional groups attached to an aromatic ring is 1. The average molecular weight is 479 g/mol. The minimum atomic E-state index is -0.114. The molecule has 2 fully saturated rings. The van der Waals surface area contributed by atoms with Crippen molar-refractivity contribution in [2.75, 3.05) is 37.4 Å². The quantitative estimate of drug-likeness (QED) is 0.529. The maximum absolute atomic E-state index is 13.0. The summed E-state index contributed by atoms with van der Waals surface area (Å²) in [6.45, 7) is 4.75. The molecule has 0 spiro atoms. The fraction of sp³-hybridized carbons (Fsp3) is 0.480. The summed E-state index contributed by atoms with van der Waals surface area (Å²) in [6.07, 6.45) is 3.53. The molecule has 1 amide bonds. The van der Waals surface area contributed by atoms with E-state index >= 15 is 0 Å². The molecule has 3 aliphatic rings. The fourth-order valence-corrected chi connectivity index (χ4v) is 6.78. The lowest BCUT2D eigenvalue weighted by molar-refractivity contribution is 0.00766. The summed E-state index contributed by atoms with van der Waals surface area (Å²) in [7, 11) is 1.82.